The second-order valence-corrected chi connectivity index (χ2v) is 9.30. The van der Waals surface area contributed by atoms with Crippen molar-refractivity contribution < 1.29 is 9.59 Å². The minimum absolute atomic E-state index is 0.0691. The maximum Gasteiger partial charge on any atom is 0.258 e. The number of thioether (sulfide) groups is 1. The van der Waals surface area contributed by atoms with Gasteiger partial charge in [-0.1, -0.05) is 18.2 Å². The average molecular weight is 472 g/mol. The van der Waals surface area contributed by atoms with Crippen LogP contribution in [0.25, 0.3) is 4.96 Å². The molecule has 3 heterocycles. The van der Waals surface area contributed by atoms with Crippen molar-refractivity contribution in [3.63, 3.8) is 0 Å². The third-order valence-corrected chi connectivity index (χ3v) is 6.98. The van der Waals surface area contributed by atoms with E-state index in [1.807, 2.05) is 28.5 Å². The fourth-order valence-electron chi connectivity index (χ4n) is 3.58. The molecule has 8 nitrogen and oxygen atoms in total. The molecule has 0 bridgehead atoms. The lowest BCUT2D eigenvalue weighted by molar-refractivity contribution is -0.131. The Morgan fingerprint density at radius 1 is 1.12 bits per heavy atom. The van der Waals surface area contributed by atoms with Crippen molar-refractivity contribution in [2.24, 2.45) is 0 Å². The molecule has 0 unspecified atom stereocenters. The quantitative estimate of drug-likeness (QED) is 0.540. The molecule has 2 amide bonds. The van der Waals surface area contributed by atoms with Crippen LogP contribution >= 0.6 is 23.1 Å². The molecule has 10 heteroatoms. The molecular formula is C22H25N5O3S2. The molecule has 1 aliphatic rings. The number of anilines is 1. The molecule has 32 heavy (non-hydrogen) atoms. The first-order valence-corrected chi connectivity index (χ1v) is 12.5. The molecule has 4 rings (SSSR count). The molecule has 3 aromatic rings. The molecule has 0 aliphatic carbocycles. The van der Waals surface area contributed by atoms with Crippen LogP contribution in [0.1, 0.15) is 12.1 Å². The highest BCUT2D eigenvalue weighted by atomic mass is 32.2. The van der Waals surface area contributed by atoms with Crippen LogP contribution < -0.4 is 15.8 Å². The van der Waals surface area contributed by atoms with Gasteiger partial charge in [0.25, 0.3) is 5.56 Å². The number of carbonyl (C=O) groups excluding carboxylic acids is 2. The monoisotopic (exact) mass is 471 g/mol. The summed E-state index contributed by atoms with van der Waals surface area (Å²) < 4.78 is 1.50. The van der Waals surface area contributed by atoms with Gasteiger partial charge in [0.2, 0.25) is 11.8 Å². The van der Waals surface area contributed by atoms with E-state index in [1.54, 1.807) is 6.20 Å². The number of fused-ring (bicyclic) bond motifs is 1. The first kappa shape index (κ1) is 22.3. The molecule has 1 N–H and O–H groups in total. The number of thiazole rings is 1. The van der Waals surface area contributed by atoms with Gasteiger partial charge in [-0.3, -0.25) is 18.8 Å². The number of aromatic nitrogens is 2. The first-order valence-electron chi connectivity index (χ1n) is 10.5. The number of benzene rings is 1. The van der Waals surface area contributed by atoms with Gasteiger partial charge in [-0.2, -0.15) is 0 Å². The summed E-state index contributed by atoms with van der Waals surface area (Å²) in [4.78, 5) is 45.7. The lowest BCUT2D eigenvalue weighted by Gasteiger charge is -2.36. The van der Waals surface area contributed by atoms with Crippen LogP contribution in [0.3, 0.4) is 0 Å². The van der Waals surface area contributed by atoms with Crippen LogP contribution in [0.2, 0.25) is 0 Å². The summed E-state index contributed by atoms with van der Waals surface area (Å²) in [6.45, 7) is 3.34. The van der Waals surface area contributed by atoms with Gasteiger partial charge in [0.15, 0.2) is 4.96 Å². The van der Waals surface area contributed by atoms with E-state index in [2.05, 4.69) is 27.3 Å². The van der Waals surface area contributed by atoms with Crippen LogP contribution in [-0.4, -0.2) is 64.6 Å². The third-order valence-electron chi connectivity index (χ3n) is 5.25. The fraction of sp³-hybridized carbons (Fsp3) is 0.364. The Labute approximate surface area is 194 Å². The Hall–Kier alpha value is -2.85. The number of nitrogens with one attached hydrogen (secondary N) is 1. The number of para-hydroxylation sites is 1. The summed E-state index contributed by atoms with van der Waals surface area (Å²) in [5.41, 5.74) is 1.74. The van der Waals surface area contributed by atoms with E-state index in [9.17, 15) is 14.4 Å². The van der Waals surface area contributed by atoms with E-state index in [-0.39, 0.29) is 23.1 Å². The van der Waals surface area contributed by atoms with Crippen molar-refractivity contribution >= 4 is 45.6 Å². The van der Waals surface area contributed by atoms with E-state index in [4.69, 9.17) is 0 Å². The zero-order chi connectivity index (χ0) is 22.3. The molecule has 1 aromatic carbocycles. The zero-order valence-corrected chi connectivity index (χ0v) is 19.2. The summed E-state index contributed by atoms with van der Waals surface area (Å²) in [5.74, 6) is 0.696. The lowest BCUT2D eigenvalue weighted by Crippen LogP contribution is -2.49. The summed E-state index contributed by atoms with van der Waals surface area (Å²) in [6, 6.07) is 11.7. The van der Waals surface area contributed by atoms with Crippen molar-refractivity contribution in [2.45, 2.75) is 12.2 Å². The van der Waals surface area contributed by atoms with Crippen LogP contribution in [0.15, 0.2) is 52.8 Å². The molecule has 0 spiro atoms. The Morgan fingerprint density at radius 2 is 1.91 bits per heavy atom. The average Bonchev–Trinajstić information content (AvgIpc) is 3.29. The molecule has 1 fully saturated rings. The Bertz CT molecular complexity index is 1120. The van der Waals surface area contributed by atoms with Gasteiger partial charge < -0.3 is 15.1 Å². The first-order chi connectivity index (χ1) is 15.6. The second-order valence-electron chi connectivity index (χ2n) is 7.44. The van der Waals surface area contributed by atoms with Crippen LogP contribution in [0.5, 0.6) is 0 Å². The highest BCUT2D eigenvalue weighted by Gasteiger charge is 2.21. The largest absolute Gasteiger partial charge is 0.368 e. The molecule has 1 aliphatic heterocycles. The van der Waals surface area contributed by atoms with E-state index in [0.29, 0.717) is 42.5 Å². The van der Waals surface area contributed by atoms with Crippen LogP contribution in [0, 0.1) is 0 Å². The second kappa shape index (κ2) is 10.6. The number of amides is 2. The van der Waals surface area contributed by atoms with Crippen molar-refractivity contribution in [2.75, 3.05) is 43.4 Å². The van der Waals surface area contributed by atoms with Crippen molar-refractivity contribution in [1.82, 2.24) is 19.6 Å². The molecule has 0 radical (unpaired) electrons. The van der Waals surface area contributed by atoms with E-state index in [0.717, 1.165) is 13.1 Å². The minimum Gasteiger partial charge on any atom is -0.368 e. The maximum absolute atomic E-state index is 12.5. The molecule has 168 valence electrons. The smallest absolute Gasteiger partial charge is 0.258 e. The summed E-state index contributed by atoms with van der Waals surface area (Å²) >= 11 is 2.80. The van der Waals surface area contributed by atoms with Crippen molar-refractivity contribution in [3.05, 3.63) is 64.0 Å². The Kier molecular flexibility index (Phi) is 7.43. The van der Waals surface area contributed by atoms with Gasteiger partial charge in [-0.25, -0.2) is 4.98 Å². The number of nitrogens with zero attached hydrogens (tertiary/aromatic N) is 4. The van der Waals surface area contributed by atoms with Gasteiger partial charge in [-0.05, 0) is 12.1 Å². The lowest BCUT2D eigenvalue weighted by atomic mass is 10.2. The standard InChI is InChI=1S/C22H25N5O3S2/c28-19(16-31-15-17-14-21(30)27-12-13-32-22(27)24-17)23-7-6-20(29)26-10-8-25(9-11-26)18-4-2-1-3-5-18/h1-5,12-14H,6-11,15-16H2,(H,23,28). The fourth-order valence-corrected chi connectivity index (χ4v) is 5.07. The minimum atomic E-state index is -0.120. The van der Waals surface area contributed by atoms with Gasteiger partial charge in [-0.15, -0.1) is 23.1 Å². The van der Waals surface area contributed by atoms with Gasteiger partial charge in [0, 0.05) is 68.2 Å². The highest BCUT2D eigenvalue weighted by molar-refractivity contribution is 7.99. The number of hydrogen-bond acceptors (Lipinski definition) is 7. The Morgan fingerprint density at radius 3 is 2.69 bits per heavy atom. The third kappa shape index (κ3) is 5.68. The van der Waals surface area contributed by atoms with E-state index in [1.165, 1.54) is 39.3 Å². The van der Waals surface area contributed by atoms with E-state index >= 15 is 0 Å². The normalized spacial score (nSPS) is 14.0. The van der Waals surface area contributed by atoms with Gasteiger partial charge >= 0.3 is 0 Å². The summed E-state index contributed by atoms with van der Waals surface area (Å²) in [5, 5.41) is 4.63. The summed E-state index contributed by atoms with van der Waals surface area (Å²) in [6.07, 6.45) is 2.00. The van der Waals surface area contributed by atoms with Crippen LogP contribution in [0.4, 0.5) is 5.69 Å². The Balaban J connectivity index is 1.13. The number of piperazine rings is 1. The summed E-state index contributed by atoms with van der Waals surface area (Å²) in [7, 11) is 0. The number of hydrogen-bond donors (Lipinski definition) is 1. The SMILES string of the molecule is O=C(CSCc1cc(=O)n2ccsc2n1)NCCC(=O)N1CCN(c2ccccc2)CC1. The van der Waals surface area contributed by atoms with E-state index < -0.39 is 0 Å². The number of carbonyl (C=O) groups is 2. The van der Waals surface area contributed by atoms with Crippen LogP contribution in [-0.2, 0) is 15.3 Å². The van der Waals surface area contributed by atoms with Gasteiger partial charge in [0.1, 0.15) is 0 Å². The molecule has 2 aromatic heterocycles. The van der Waals surface area contributed by atoms with Gasteiger partial charge in [0.05, 0.1) is 11.4 Å². The molecular weight excluding hydrogens is 446 g/mol. The molecule has 0 saturated carbocycles. The maximum atomic E-state index is 12.5. The highest BCUT2D eigenvalue weighted by Crippen LogP contribution is 2.16. The molecule has 1 saturated heterocycles. The predicted molar refractivity (Wildman–Crippen MR) is 128 cm³/mol. The molecule has 0 atom stereocenters. The zero-order valence-electron chi connectivity index (χ0n) is 17.6. The predicted octanol–water partition coefficient (Wildman–Crippen LogP) is 1.84. The number of rotatable bonds is 8. The van der Waals surface area contributed by atoms with Crippen molar-refractivity contribution in [1.29, 1.82) is 0 Å². The van der Waals surface area contributed by atoms with Crippen molar-refractivity contribution in [3.8, 4) is 0 Å². The topological polar surface area (TPSA) is 87.0 Å².